The first-order valence-electron chi connectivity index (χ1n) is 7.86. The Kier molecular flexibility index (Phi) is 8.04. The molecule has 0 aliphatic rings. The first kappa shape index (κ1) is 18.1. The first-order chi connectivity index (χ1) is 10.7. The standard InChI is InChI=1S/C19H25PSSe/c1-21-17-16-20(22,14-12-18-8-4-2-5-9-18)15-13-19-10-6-3-7-11-19/h2-11H,12-17H2,1H3. The number of benzene rings is 2. The number of aryl methyl sites for hydroxylation is 2. The molecule has 0 amide bonds. The summed E-state index contributed by atoms with van der Waals surface area (Å²) in [6.07, 6.45) is 8.69. The molecule has 118 valence electrons. The first-order valence-corrected chi connectivity index (χ1v) is 13.8. The number of rotatable bonds is 9. The van der Waals surface area contributed by atoms with E-state index in [9.17, 15) is 0 Å². The van der Waals surface area contributed by atoms with Crippen LogP contribution in [0.1, 0.15) is 11.1 Å². The van der Waals surface area contributed by atoms with Crippen LogP contribution in [0.2, 0.25) is 0 Å². The third kappa shape index (κ3) is 6.47. The molecular weight excluding hydrogens is 370 g/mol. The van der Waals surface area contributed by atoms with Crippen LogP contribution in [-0.4, -0.2) is 45.6 Å². The van der Waals surface area contributed by atoms with Crippen LogP contribution in [-0.2, 0) is 12.8 Å². The van der Waals surface area contributed by atoms with Gasteiger partial charge >= 0.3 is 147 Å². The van der Waals surface area contributed by atoms with Crippen molar-refractivity contribution in [3.63, 3.8) is 0 Å². The van der Waals surface area contributed by atoms with Gasteiger partial charge in [-0.2, -0.15) is 0 Å². The van der Waals surface area contributed by atoms with E-state index in [1.54, 1.807) is 0 Å². The van der Waals surface area contributed by atoms with Gasteiger partial charge in [-0.3, -0.25) is 0 Å². The molecule has 22 heavy (non-hydrogen) atoms. The molecule has 0 spiro atoms. The Morgan fingerprint density at radius 1 is 0.773 bits per heavy atom. The van der Waals surface area contributed by atoms with Crippen LogP contribution in [0.15, 0.2) is 60.7 Å². The molecule has 2 aromatic carbocycles. The maximum atomic E-state index is 3.66. The molecule has 0 aliphatic heterocycles. The fourth-order valence-corrected chi connectivity index (χ4v) is 9.17. The Balaban J connectivity index is 1.95. The average Bonchev–Trinajstić information content (AvgIpc) is 2.59. The van der Waals surface area contributed by atoms with Gasteiger partial charge in [-0.1, -0.05) is 0 Å². The summed E-state index contributed by atoms with van der Waals surface area (Å²) >= 11 is 5.64. The van der Waals surface area contributed by atoms with Crippen molar-refractivity contribution in [2.45, 2.75) is 12.8 Å². The molecule has 0 aromatic heterocycles. The van der Waals surface area contributed by atoms with Gasteiger partial charge in [-0.25, -0.2) is 0 Å². The van der Waals surface area contributed by atoms with Gasteiger partial charge in [0.2, 0.25) is 0 Å². The molecule has 3 heteroatoms. The second-order valence-electron chi connectivity index (χ2n) is 5.69. The van der Waals surface area contributed by atoms with Gasteiger partial charge in [0.1, 0.15) is 0 Å². The van der Waals surface area contributed by atoms with Crippen molar-refractivity contribution in [2.75, 3.05) is 30.5 Å². The third-order valence-electron chi connectivity index (χ3n) is 4.00. The van der Waals surface area contributed by atoms with Gasteiger partial charge in [-0.05, 0) is 0 Å². The van der Waals surface area contributed by atoms with Crippen molar-refractivity contribution >= 4 is 32.4 Å². The van der Waals surface area contributed by atoms with Crippen LogP contribution in [0.4, 0.5) is 0 Å². The van der Waals surface area contributed by atoms with Gasteiger partial charge < -0.3 is 0 Å². The zero-order chi connectivity index (χ0) is 15.7. The quantitative estimate of drug-likeness (QED) is 0.428. The minimum atomic E-state index is -0.963. The fraction of sp³-hybridized carbons (Fsp3) is 0.368. The van der Waals surface area contributed by atoms with Crippen molar-refractivity contribution in [1.82, 2.24) is 0 Å². The van der Waals surface area contributed by atoms with Gasteiger partial charge in [0.25, 0.3) is 0 Å². The van der Waals surface area contributed by atoms with E-state index < -0.39 is 5.51 Å². The Labute approximate surface area is 147 Å². The summed E-state index contributed by atoms with van der Waals surface area (Å²) in [4.78, 5) is 0. The Hall–Kier alpha value is -0.261. The monoisotopic (exact) mass is 396 g/mol. The molecule has 0 saturated heterocycles. The second-order valence-corrected chi connectivity index (χ2v) is 15.0. The van der Waals surface area contributed by atoms with Crippen molar-refractivity contribution in [1.29, 1.82) is 0 Å². The van der Waals surface area contributed by atoms with Crippen molar-refractivity contribution in [3.05, 3.63) is 71.8 Å². The summed E-state index contributed by atoms with van der Waals surface area (Å²) in [6, 6.07) is 21.9. The summed E-state index contributed by atoms with van der Waals surface area (Å²) in [6.45, 7) is 0. The molecule has 0 radical (unpaired) electrons. The van der Waals surface area contributed by atoms with Crippen LogP contribution < -0.4 is 0 Å². The van der Waals surface area contributed by atoms with E-state index >= 15 is 0 Å². The summed E-state index contributed by atoms with van der Waals surface area (Å²) in [7, 11) is 0. The zero-order valence-electron chi connectivity index (χ0n) is 13.3. The van der Waals surface area contributed by atoms with Crippen molar-refractivity contribution in [3.8, 4) is 0 Å². The van der Waals surface area contributed by atoms with Crippen molar-refractivity contribution in [2.24, 2.45) is 0 Å². The molecule has 0 heterocycles. The minimum absolute atomic E-state index is 0.963. The summed E-state index contributed by atoms with van der Waals surface area (Å²) in [5, 5.41) is 0. The number of hydrogen-bond acceptors (Lipinski definition) is 1. The molecule has 0 bridgehead atoms. The predicted octanol–water partition coefficient (Wildman–Crippen LogP) is 4.94. The van der Waals surface area contributed by atoms with Gasteiger partial charge in [0.05, 0.1) is 0 Å². The normalized spacial score (nSPS) is 11.5. The van der Waals surface area contributed by atoms with E-state index in [1.807, 2.05) is 11.8 Å². The van der Waals surface area contributed by atoms with Crippen LogP contribution in [0.5, 0.6) is 0 Å². The Bertz CT molecular complexity index is 535. The SMILES string of the molecule is CSCCP(=[Se])(CCc1ccccc1)CCc1ccccc1. The van der Waals surface area contributed by atoms with E-state index in [1.165, 1.54) is 48.2 Å². The van der Waals surface area contributed by atoms with Gasteiger partial charge in [0, 0.05) is 0 Å². The Morgan fingerprint density at radius 2 is 1.23 bits per heavy atom. The number of thioether (sulfide) groups is 1. The molecular formula is C19H25PSSe. The molecule has 0 nitrogen and oxygen atoms in total. The molecule has 0 saturated carbocycles. The predicted molar refractivity (Wildman–Crippen MR) is 106 cm³/mol. The fourth-order valence-electron chi connectivity index (χ4n) is 2.55. The van der Waals surface area contributed by atoms with Crippen LogP contribution in [0.3, 0.4) is 0 Å². The van der Waals surface area contributed by atoms with Gasteiger partial charge in [-0.15, -0.1) is 0 Å². The molecule has 0 unspecified atom stereocenters. The summed E-state index contributed by atoms with van der Waals surface area (Å²) < 4.78 is 0. The average molecular weight is 395 g/mol. The topological polar surface area (TPSA) is 0 Å². The summed E-state index contributed by atoms with van der Waals surface area (Å²) in [5.74, 6) is 1.28. The zero-order valence-corrected chi connectivity index (χ0v) is 16.7. The van der Waals surface area contributed by atoms with E-state index in [0.29, 0.717) is 0 Å². The van der Waals surface area contributed by atoms with Crippen LogP contribution in [0, 0.1) is 0 Å². The van der Waals surface area contributed by atoms with E-state index in [-0.39, 0.29) is 0 Å². The molecule has 0 atom stereocenters. The summed E-state index contributed by atoms with van der Waals surface area (Å²) in [5.41, 5.74) is 1.99. The van der Waals surface area contributed by atoms with E-state index in [0.717, 1.165) is 0 Å². The van der Waals surface area contributed by atoms with Crippen LogP contribution >= 0.6 is 17.3 Å². The Morgan fingerprint density at radius 3 is 1.64 bits per heavy atom. The van der Waals surface area contributed by atoms with E-state index in [4.69, 9.17) is 0 Å². The molecule has 2 rings (SSSR count). The van der Waals surface area contributed by atoms with Crippen LogP contribution in [0.25, 0.3) is 0 Å². The maximum absolute atomic E-state index is 3.66. The number of hydrogen-bond donors (Lipinski definition) is 0. The second kappa shape index (κ2) is 9.78. The molecule has 0 fully saturated rings. The molecule has 0 aliphatic carbocycles. The molecule has 0 N–H and O–H groups in total. The van der Waals surface area contributed by atoms with E-state index in [2.05, 4.69) is 82.0 Å². The van der Waals surface area contributed by atoms with Crippen molar-refractivity contribution < 1.29 is 0 Å². The third-order valence-corrected chi connectivity index (χ3v) is 11.5. The molecule has 2 aromatic rings. The van der Waals surface area contributed by atoms with Gasteiger partial charge in [0.15, 0.2) is 0 Å².